The van der Waals surface area contributed by atoms with Crippen LogP contribution in [0.25, 0.3) is 5.57 Å². The van der Waals surface area contributed by atoms with Crippen LogP contribution in [0.1, 0.15) is 10.4 Å². The molecule has 2 aliphatic heterocycles. The van der Waals surface area contributed by atoms with Gasteiger partial charge >= 0.3 is 0 Å². The third kappa shape index (κ3) is 3.00. The monoisotopic (exact) mass is 389 g/mol. The van der Waals surface area contributed by atoms with Crippen LogP contribution in [0.5, 0.6) is 11.5 Å². The van der Waals surface area contributed by atoms with Gasteiger partial charge in [0.1, 0.15) is 0 Å². The number of aliphatic hydroxyl groups is 1. The lowest BCUT2D eigenvalue weighted by molar-refractivity contribution is -0.137. The first-order chi connectivity index (χ1) is 12.7. The second-order valence-corrected chi connectivity index (χ2v) is 7.69. The summed E-state index contributed by atoms with van der Waals surface area (Å²) in [6.45, 7) is 0.272. The van der Waals surface area contributed by atoms with E-state index in [-0.39, 0.29) is 31.8 Å². The predicted molar refractivity (Wildman–Crippen MR) is 98.9 cm³/mol. The van der Waals surface area contributed by atoms with Gasteiger partial charge in [0.15, 0.2) is 11.5 Å². The molecule has 0 radical (unpaired) electrons. The average Bonchev–Trinajstić information content (AvgIpc) is 3.36. The number of fused-ring (bicyclic) bond motifs is 1. The molecule has 1 aromatic carbocycles. The van der Waals surface area contributed by atoms with Gasteiger partial charge in [0.2, 0.25) is 6.79 Å². The Labute approximate surface area is 158 Å². The van der Waals surface area contributed by atoms with Gasteiger partial charge in [-0.1, -0.05) is 12.1 Å². The van der Waals surface area contributed by atoms with Gasteiger partial charge in [-0.05, 0) is 29.1 Å². The summed E-state index contributed by atoms with van der Waals surface area (Å²) in [4.78, 5) is 28.2. The van der Waals surface area contributed by atoms with E-state index in [4.69, 9.17) is 14.6 Å². The maximum absolute atomic E-state index is 12.9. The van der Waals surface area contributed by atoms with E-state index >= 15 is 0 Å². The van der Waals surface area contributed by atoms with E-state index in [1.165, 1.54) is 28.0 Å². The van der Waals surface area contributed by atoms with Gasteiger partial charge < -0.3 is 14.6 Å². The van der Waals surface area contributed by atoms with Crippen molar-refractivity contribution in [3.05, 3.63) is 51.1 Å². The molecular formula is C18H15NO5S2. The van der Waals surface area contributed by atoms with E-state index in [0.29, 0.717) is 27.7 Å². The largest absolute Gasteiger partial charge is 0.454 e. The summed E-state index contributed by atoms with van der Waals surface area (Å²) >= 11 is 2.63. The molecule has 4 rings (SSSR count). The minimum Gasteiger partial charge on any atom is -0.454 e. The van der Waals surface area contributed by atoms with Crippen LogP contribution in [0.3, 0.4) is 0 Å². The zero-order valence-corrected chi connectivity index (χ0v) is 15.3. The lowest BCUT2D eigenvalue weighted by atomic mass is 10.2. The predicted octanol–water partition coefficient (Wildman–Crippen LogP) is 2.48. The fraction of sp³-hybridized carbons (Fsp3) is 0.222. The topological polar surface area (TPSA) is 76.1 Å². The second kappa shape index (κ2) is 7.14. The number of amides is 2. The number of ether oxygens (including phenoxy) is 2. The van der Waals surface area contributed by atoms with Crippen molar-refractivity contribution in [1.82, 2.24) is 4.90 Å². The highest BCUT2D eigenvalue weighted by Crippen LogP contribution is 2.39. The van der Waals surface area contributed by atoms with Crippen LogP contribution in [0.2, 0.25) is 0 Å². The van der Waals surface area contributed by atoms with Crippen LogP contribution in [0.15, 0.2) is 40.6 Å². The summed E-state index contributed by atoms with van der Waals surface area (Å²) in [5.41, 5.74) is 1.21. The quantitative estimate of drug-likeness (QED) is 0.765. The van der Waals surface area contributed by atoms with E-state index in [0.717, 1.165) is 10.4 Å². The Morgan fingerprint density at radius 3 is 2.77 bits per heavy atom. The molecule has 26 heavy (non-hydrogen) atoms. The van der Waals surface area contributed by atoms with E-state index < -0.39 is 0 Å². The highest BCUT2D eigenvalue weighted by molar-refractivity contribution is 8.04. The van der Waals surface area contributed by atoms with Crippen molar-refractivity contribution in [3.8, 4) is 11.5 Å². The third-order valence-corrected chi connectivity index (χ3v) is 5.95. The Hall–Kier alpha value is -2.29. The molecule has 3 heterocycles. The van der Waals surface area contributed by atoms with Crippen molar-refractivity contribution in [1.29, 1.82) is 0 Å². The molecule has 2 amide bonds. The van der Waals surface area contributed by atoms with Gasteiger partial charge in [0.25, 0.3) is 11.8 Å². The van der Waals surface area contributed by atoms with Crippen molar-refractivity contribution >= 4 is 40.5 Å². The summed E-state index contributed by atoms with van der Waals surface area (Å²) in [7, 11) is 0. The van der Waals surface area contributed by atoms with Crippen molar-refractivity contribution < 1.29 is 24.2 Å². The van der Waals surface area contributed by atoms with Crippen molar-refractivity contribution in [2.75, 3.05) is 19.2 Å². The van der Waals surface area contributed by atoms with Crippen LogP contribution < -0.4 is 9.47 Å². The Morgan fingerprint density at radius 2 is 2.00 bits per heavy atom. The number of thiophene rings is 1. The lowest BCUT2D eigenvalue weighted by Gasteiger charge is -2.15. The number of benzene rings is 1. The molecule has 0 fully saturated rings. The Balaban J connectivity index is 1.62. The number of aliphatic hydroxyl groups excluding tert-OH is 1. The summed E-state index contributed by atoms with van der Waals surface area (Å²) in [5.74, 6) is 0.999. The van der Waals surface area contributed by atoms with Crippen LogP contribution in [0.4, 0.5) is 0 Å². The van der Waals surface area contributed by atoms with Crippen molar-refractivity contribution in [2.24, 2.45) is 0 Å². The fourth-order valence-electron chi connectivity index (χ4n) is 2.84. The Kier molecular flexibility index (Phi) is 4.71. The summed E-state index contributed by atoms with van der Waals surface area (Å²) in [6.07, 6.45) is 0. The minimum atomic E-state index is -0.325. The molecule has 134 valence electrons. The van der Waals surface area contributed by atoms with Gasteiger partial charge in [-0.25, -0.2) is 0 Å². The van der Waals surface area contributed by atoms with Crippen molar-refractivity contribution in [2.45, 2.75) is 6.54 Å². The minimum absolute atomic E-state index is 0.0600. The molecule has 0 saturated heterocycles. The van der Waals surface area contributed by atoms with Gasteiger partial charge in [-0.3, -0.25) is 14.5 Å². The van der Waals surface area contributed by atoms with E-state index in [2.05, 4.69) is 0 Å². The molecule has 0 unspecified atom stereocenters. The number of carbonyl (C=O) groups is 2. The molecule has 0 saturated carbocycles. The number of rotatable bonds is 6. The van der Waals surface area contributed by atoms with Gasteiger partial charge in [-0.15, -0.1) is 23.1 Å². The summed E-state index contributed by atoms with van der Waals surface area (Å²) < 4.78 is 10.6. The van der Waals surface area contributed by atoms with Crippen LogP contribution >= 0.6 is 23.1 Å². The number of nitrogens with zero attached hydrogens (tertiary/aromatic N) is 1. The zero-order valence-electron chi connectivity index (χ0n) is 13.6. The fourth-order valence-corrected chi connectivity index (χ4v) is 4.54. The maximum atomic E-state index is 12.9. The van der Waals surface area contributed by atoms with Crippen molar-refractivity contribution in [3.63, 3.8) is 0 Å². The first-order valence-electron chi connectivity index (χ1n) is 7.95. The molecule has 0 atom stereocenters. The van der Waals surface area contributed by atoms with Gasteiger partial charge in [0, 0.05) is 10.6 Å². The maximum Gasteiger partial charge on any atom is 0.268 e. The molecule has 0 spiro atoms. The Morgan fingerprint density at radius 1 is 1.15 bits per heavy atom. The lowest BCUT2D eigenvalue weighted by Crippen LogP contribution is -2.30. The molecule has 6 nitrogen and oxygen atoms in total. The highest BCUT2D eigenvalue weighted by atomic mass is 32.2. The molecule has 0 aliphatic carbocycles. The van der Waals surface area contributed by atoms with Crippen LogP contribution in [-0.2, 0) is 16.1 Å². The molecular weight excluding hydrogens is 374 g/mol. The average molecular weight is 389 g/mol. The smallest absolute Gasteiger partial charge is 0.268 e. The number of hydrogen-bond donors (Lipinski definition) is 1. The molecule has 8 heteroatoms. The zero-order chi connectivity index (χ0) is 18.1. The molecule has 2 aliphatic rings. The molecule has 0 bridgehead atoms. The summed E-state index contributed by atoms with van der Waals surface area (Å²) in [6, 6.07) is 9.05. The standard InChI is InChI=1S/C18H15NO5S2/c20-5-7-26-16-15(14-2-1-6-25-14)17(21)19(18(16)22)9-11-3-4-12-13(8-11)24-10-23-12/h1-4,6,8,20H,5,7,9-10H2. The number of thioether (sulfide) groups is 1. The van der Waals surface area contributed by atoms with Crippen LogP contribution in [0, 0.1) is 0 Å². The number of hydrogen-bond acceptors (Lipinski definition) is 7. The first-order valence-corrected chi connectivity index (χ1v) is 9.82. The third-order valence-electron chi connectivity index (χ3n) is 4.01. The summed E-state index contributed by atoms with van der Waals surface area (Å²) in [5, 5.41) is 11.0. The van der Waals surface area contributed by atoms with E-state index in [1.54, 1.807) is 12.1 Å². The normalized spacial score (nSPS) is 16.1. The molecule has 1 aromatic heterocycles. The second-order valence-electron chi connectivity index (χ2n) is 5.64. The van der Waals surface area contributed by atoms with E-state index in [1.807, 2.05) is 23.6 Å². The highest BCUT2D eigenvalue weighted by Gasteiger charge is 2.39. The number of carbonyl (C=O) groups excluding carboxylic acids is 2. The first kappa shape index (κ1) is 17.1. The molecule has 1 N–H and O–H groups in total. The SMILES string of the molecule is O=C1C(SCCO)=C(c2cccs2)C(=O)N1Cc1ccc2c(c1)OCO2. The number of imide groups is 1. The van der Waals surface area contributed by atoms with E-state index in [9.17, 15) is 9.59 Å². The molecule has 2 aromatic rings. The Bertz CT molecular complexity index is 891. The van der Waals surface area contributed by atoms with Gasteiger partial charge in [0.05, 0.1) is 23.6 Å². The van der Waals surface area contributed by atoms with Crippen LogP contribution in [-0.4, -0.2) is 41.0 Å². The van der Waals surface area contributed by atoms with Gasteiger partial charge in [-0.2, -0.15) is 0 Å².